The minimum absolute atomic E-state index is 0.000500. The molecule has 0 spiro atoms. The van der Waals surface area contributed by atoms with Crippen LogP contribution in [0.5, 0.6) is 0 Å². The van der Waals surface area contributed by atoms with Crippen molar-refractivity contribution in [1.29, 1.82) is 0 Å². The average molecular weight is 301 g/mol. The van der Waals surface area contributed by atoms with Gasteiger partial charge in [0.25, 0.3) is 0 Å². The van der Waals surface area contributed by atoms with Crippen molar-refractivity contribution in [3.05, 3.63) is 30.1 Å². The fraction of sp³-hybridized carbons (Fsp3) is 0.588. The fourth-order valence-electron chi connectivity index (χ4n) is 3.04. The number of carbonyl (C=O) groups excluding carboxylic acids is 2. The van der Waals surface area contributed by atoms with E-state index in [4.69, 9.17) is 0 Å². The van der Waals surface area contributed by atoms with Gasteiger partial charge in [-0.25, -0.2) is 0 Å². The highest BCUT2D eigenvalue weighted by Gasteiger charge is 2.49. The lowest BCUT2D eigenvalue weighted by Crippen LogP contribution is -2.39. The summed E-state index contributed by atoms with van der Waals surface area (Å²) < 4.78 is 0. The van der Waals surface area contributed by atoms with Gasteiger partial charge < -0.3 is 10.2 Å². The van der Waals surface area contributed by atoms with Gasteiger partial charge in [0.2, 0.25) is 11.8 Å². The first-order chi connectivity index (χ1) is 10.6. The molecule has 1 aliphatic carbocycles. The lowest BCUT2D eigenvalue weighted by molar-refractivity contribution is -0.135. The highest BCUT2D eigenvalue weighted by atomic mass is 16.2. The molecular formula is C17H23N3O2. The number of rotatable bonds is 4. The Balaban J connectivity index is 1.45. The van der Waals surface area contributed by atoms with Crippen LogP contribution in [-0.2, 0) is 16.1 Å². The van der Waals surface area contributed by atoms with Crippen LogP contribution < -0.4 is 5.32 Å². The molecule has 1 aromatic rings. The summed E-state index contributed by atoms with van der Waals surface area (Å²) in [6.07, 6.45) is 6.28. The summed E-state index contributed by atoms with van der Waals surface area (Å²) in [6, 6.07) is 3.76. The summed E-state index contributed by atoms with van der Waals surface area (Å²) >= 11 is 0. The number of hydrogen-bond acceptors (Lipinski definition) is 3. The van der Waals surface area contributed by atoms with E-state index in [0.717, 1.165) is 31.5 Å². The van der Waals surface area contributed by atoms with Gasteiger partial charge in [-0.15, -0.1) is 0 Å². The van der Waals surface area contributed by atoms with E-state index < -0.39 is 0 Å². The van der Waals surface area contributed by atoms with Crippen LogP contribution in [0.4, 0.5) is 0 Å². The van der Waals surface area contributed by atoms with Crippen LogP contribution in [-0.4, -0.2) is 34.8 Å². The number of nitrogens with one attached hydrogen (secondary N) is 1. The van der Waals surface area contributed by atoms with Crippen LogP contribution in [0.15, 0.2) is 24.5 Å². The lowest BCUT2D eigenvalue weighted by Gasteiger charge is -2.30. The number of nitrogens with zero attached hydrogens (tertiary/aromatic N) is 2. The Labute approximate surface area is 131 Å². The van der Waals surface area contributed by atoms with E-state index in [2.05, 4.69) is 17.2 Å². The summed E-state index contributed by atoms with van der Waals surface area (Å²) in [4.78, 5) is 30.4. The summed E-state index contributed by atoms with van der Waals surface area (Å²) in [5.41, 5.74) is 1.02. The number of piperidine rings is 1. The van der Waals surface area contributed by atoms with Gasteiger partial charge >= 0.3 is 0 Å². The monoisotopic (exact) mass is 301 g/mol. The number of likely N-dealkylation sites (tertiary alicyclic amines) is 1. The Morgan fingerprint density at radius 1 is 1.23 bits per heavy atom. The first kappa shape index (κ1) is 15.0. The normalized spacial score (nSPS) is 24.9. The molecule has 3 rings (SSSR count). The Morgan fingerprint density at radius 2 is 1.91 bits per heavy atom. The second-order valence-electron chi connectivity index (χ2n) is 6.53. The van der Waals surface area contributed by atoms with E-state index in [1.165, 1.54) is 0 Å². The van der Waals surface area contributed by atoms with Crippen molar-refractivity contribution in [2.45, 2.75) is 32.7 Å². The van der Waals surface area contributed by atoms with Gasteiger partial charge in [-0.1, -0.05) is 6.92 Å². The SMILES string of the molecule is CC1CCN(C(=O)C2CC2C(=O)NCc2ccncc2)CC1. The van der Waals surface area contributed by atoms with Crippen molar-refractivity contribution in [2.24, 2.45) is 17.8 Å². The topological polar surface area (TPSA) is 62.3 Å². The summed E-state index contributed by atoms with van der Waals surface area (Å²) in [5.74, 6) is 0.666. The molecule has 118 valence electrons. The molecule has 22 heavy (non-hydrogen) atoms. The molecule has 0 radical (unpaired) electrons. The van der Waals surface area contributed by atoms with Crippen molar-refractivity contribution >= 4 is 11.8 Å². The van der Waals surface area contributed by atoms with Crippen LogP contribution >= 0.6 is 0 Å². The third-order valence-electron chi connectivity index (χ3n) is 4.76. The van der Waals surface area contributed by atoms with Crippen LogP contribution in [0.1, 0.15) is 31.7 Å². The maximum Gasteiger partial charge on any atom is 0.226 e. The standard InChI is InChI=1S/C17H23N3O2/c1-12-4-8-20(9-5-12)17(22)15-10-14(15)16(21)19-11-13-2-6-18-7-3-13/h2-3,6-7,12,14-15H,4-5,8-11H2,1H3,(H,19,21). The average Bonchev–Trinajstić information content (AvgIpc) is 3.34. The molecule has 1 aliphatic heterocycles. The van der Waals surface area contributed by atoms with Crippen LogP contribution in [0.25, 0.3) is 0 Å². The zero-order chi connectivity index (χ0) is 15.5. The Kier molecular flexibility index (Phi) is 4.41. The molecule has 1 N–H and O–H groups in total. The van der Waals surface area contributed by atoms with E-state index in [9.17, 15) is 9.59 Å². The van der Waals surface area contributed by atoms with Crippen LogP contribution in [0.2, 0.25) is 0 Å². The summed E-state index contributed by atoms with van der Waals surface area (Å²) in [5, 5.41) is 2.92. The predicted octanol–water partition coefficient (Wildman–Crippen LogP) is 1.59. The number of aromatic nitrogens is 1. The second kappa shape index (κ2) is 6.46. The third-order valence-corrected chi connectivity index (χ3v) is 4.76. The fourth-order valence-corrected chi connectivity index (χ4v) is 3.04. The van der Waals surface area contributed by atoms with Crippen molar-refractivity contribution in [2.75, 3.05) is 13.1 Å². The zero-order valence-electron chi connectivity index (χ0n) is 13.0. The maximum absolute atomic E-state index is 12.4. The van der Waals surface area contributed by atoms with Gasteiger partial charge in [0.15, 0.2) is 0 Å². The summed E-state index contributed by atoms with van der Waals surface area (Å²) in [7, 11) is 0. The molecule has 1 saturated carbocycles. The third kappa shape index (κ3) is 3.46. The molecule has 2 unspecified atom stereocenters. The smallest absolute Gasteiger partial charge is 0.226 e. The molecule has 5 heteroatoms. The van der Waals surface area contributed by atoms with E-state index >= 15 is 0 Å². The molecule has 0 bridgehead atoms. The molecule has 2 amide bonds. The molecule has 2 aliphatic rings. The molecule has 2 heterocycles. The van der Waals surface area contributed by atoms with Gasteiger partial charge in [0.1, 0.15) is 0 Å². The minimum Gasteiger partial charge on any atom is -0.352 e. The highest BCUT2D eigenvalue weighted by Crippen LogP contribution is 2.40. The lowest BCUT2D eigenvalue weighted by atomic mass is 9.99. The Morgan fingerprint density at radius 3 is 2.59 bits per heavy atom. The van der Waals surface area contributed by atoms with Crippen LogP contribution in [0.3, 0.4) is 0 Å². The van der Waals surface area contributed by atoms with Crippen molar-refractivity contribution < 1.29 is 9.59 Å². The van der Waals surface area contributed by atoms with Gasteiger partial charge in [0, 0.05) is 32.0 Å². The first-order valence-corrected chi connectivity index (χ1v) is 8.10. The quantitative estimate of drug-likeness (QED) is 0.918. The molecule has 0 aromatic carbocycles. The number of carbonyl (C=O) groups is 2. The first-order valence-electron chi connectivity index (χ1n) is 8.10. The predicted molar refractivity (Wildman–Crippen MR) is 82.7 cm³/mol. The highest BCUT2D eigenvalue weighted by molar-refractivity contribution is 5.92. The zero-order valence-corrected chi connectivity index (χ0v) is 13.0. The molecule has 2 fully saturated rings. The molecule has 2 atom stereocenters. The molecule has 1 aromatic heterocycles. The number of hydrogen-bond donors (Lipinski definition) is 1. The largest absolute Gasteiger partial charge is 0.352 e. The van der Waals surface area contributed by atoms with Crippen LogP contribution in [0, 0.1) is 17.8 Å². The summed E-state index contributed by atoms with van der Waals surface area (Å²) in [6.45, 7) is 4.43. The number of amides is 2. The molecule has 1 saturated heterocycles. The molecule has 5 nitrogen and oxygen atoms in total. The van der Waals surface area contributed by atoms with Crippen molar-refractivity contribution in [3.63, 3.8) is 0 Å². The van der Waals surface area contributed by atoms with Gasteiger partial charge in [-0.2, -0.15) is 0 Å². The van der Waals surface area contributed by atoms with E-state index in [1.54, 1.807) is 12.4 Å². The maximum atomic E-state index is 12.4. The van der Waals surface area contributed by atoms with E-state index in [0.29, 0.717) is 18.9 Å². The Hall–Kier alpha value is -1.91. The van der Waals surface area contributed by atoms with Crippen molar-refractivity contribution in [1.82, 2.24) is 15.2 Å². The van der Waals surface area contributed by atoms with Gasteiger partial charge in [-0.3, -0.25) is 14.6 Å². The number of pyridine rings is 1. The van der Waals surface area contributed by atoms with Gasteiger partial charge in [0.05, 0.1) is 11.8 Å². The minimum atomic E-state index is -0.131. The van der Waals surface area contributed by atoms with E-state index in [1.807, 2.05) is 17.0 Å². The second-order valence-corrected chi connectivity index (χ2v) is 6.53. The van der Waals surface area contributed by atoms with E-state index in [-0.39, 0.29) is 23.7 Å². The Bertz CT molecular complexity index is 538. The van der Waals surface area contributed by atoms with Gasteiger partial charge in [-0.05, 0) is 42.9 Å². The van der Waals surface area contributed by atoms with Crippen molar-refractivity contribution in [3.8, 4) is 0 Å². The molecular weight excluding hydrogens is 278 g/mol.